The quantitative estimate of drug-likeness (QED) is 0.810. The van der Waals surface area contributed by atoms with Crippen molar-refractivity contribution in [3.8, 4) is 0 Å². The van der Waals surface area contributed by atoms with Crippen molar-refractivity contribution in [2.24, 2.45) is 0 Å². The number of rotatable bonds is 6. The summed E-state index contributed by atoms with van der Waals surface area (Å²) in [5.41, 5.74) is 1.94. The molecule has 114 valence electrons. The Morgan fingerprint density at radius 2 is 2.10 bits per heavy atom. The molecule has 2 aromatic rings. The monoisotopic (exact) mass is 290 g/mol. The van der Waals surface area contributed by atoms with E-state index in [1.165, 1.54) is 0 Å². The summed E-state index contributed by atoms with van der Waals surface area (Å²) in [4.78, 5) is 2.41. The first-order valence-corrected chi connectivity index (χ1v) is 7.60. The first-order chi connectivity index (χ1) is 10.4. The highest BCUT2D eigenvalue weighted by atomic mass is 16.5. The Hall–Kier alpha value is -1.50. The lowest BCUT2D eigenvalue weighted by Crippen LogP contribution is -2.37. The lowest BCUT2D eigenvalue weighted by atomic mass is 10.3. The van der Waals surface area contributed by atoms with Gasteiger partial charge in [-0.2, -0.15) is 0 Å². The maximum atomic E-state index is 5.89. The van der Waals surface area contributed by atoms with Gasteiger partial charge in [0, 0.05) is 32.7 Å². The molecule has 0 bridgehead atoms. The second kappa shape index (κ2) is 6.98. The van der Waals surface area contributed by atoms with E-state index in [-0.39, 0.29) is 6.23 Å². The average molecular weight is 290 g/mol. The van der Waals surface area contributed by atoms with Crippen LogP contribution in [0, 0.1) is 0 Å². The molecule has 0 aliphatic carbocycles. The zero-order chi connectivity index (χ0) is 14.5. The molecule has 6 heteroatoms. The highest BCUT2D eigenvalue weighted by Gasteiger charge is 2.18. The van der Waals surface area contributed by atoms with Crippen molar-refractivity contribution in [1.29, 1.82) is 0 Å². The lowest BCUT2D eigenvalue weighted by Gasteiger charge is -2.28. The normalized spacial score (nSPS) is 18.1. The maximum Gasteiger partial charge on any atom is 0.153 e. The third kappa shape index (κ3) is 3.40. The number of ether oxygens (including phenoxy) is 2. The van der Waals surface area contributed by atoms with Crippen molar-refractivity contribution in [2.45, 2.75) is 19.6 Å². The molecule has 1 aliphatic rings. The molecule has 1 aromatic carbocycles. The van der Waals surface area contributed by atoms with Gasteiger partial charge in [-0.05, 0) is 19.1 Å². The van der Waals surface area contributed by atoms with Gasteiger partial charge < -0.3 is 9.47 Å². The number of para-hydroxylation sites is 1. The van der Waals surface area contributed by atoms with Crippen molar-refractivity contribution in [3.05, 3.63) is 24.3 Å². The molecule has 2 heterocycles. The van der Waals surface area contributed by atoms with E-state index in [2.05, 4.69) is 15.2 Å². The Bertz CT molecular complexity index is 566. The van der Waals surface area contributed by atoms with Crippen LogP contribution >= 0.6 is 0 Å². The van der Waals surface area contributed by atoms with Crippen molar-refractivity contribution in [3.63, 3.8) is 0 Å². The van der Waals surface area contributed by atoms with Crippen LogP contribution in [0.3, 0.4) is 0 Å². The van der Waals surface area contributed by atoms with E-state index in [1.54, 1.807) is 0 Å². The van der Waals surface area contributed by atoms with Crippen LogP contribution in [0.15, 0.2) is 24.3 Å². The molecule has 0 N–H and O–H groups in total. The zero-order valence-corrected chi connectivity index (χ0v) is 12.4. The molecule has 3 rings (SSSR count). The zero-order valence-electron chi connectivity index (χ0n) is 12.4. The molecule has 0 amide bonds. The largest absolute Gasteiger partial charge is 0.379 e. The summed E-state index contributed by atoms with van der Waals surface area (Å²) < 4.78 is 13.2. The number of fused-ring (bicyclic) bond motifs is 1. The molecule has 1 aliphatic heterocycles. The fraction of sp³-hybridized carbons (Fsp3) is 0.600. The molecule has 6 nitrogen and oxygen atoms in total. The molecule has 21 heavy (non-hydrogen) atoms. The van der Waals surface area contributed by atoms with E-state index < -0.39 is 0 Å². The van der Waals surface area contributed by atoms with Gasteiger partial charge in [0.1, 0.15) is 5.52 Å². The van der Waals surface area contributed by atoms with Gasteiger partial charge in [-0.1, -0.05) is 17.3 Å². The maximum absolute atomic E-state index is 5.89. The van der Waals surface area contributed by atoms with Crippen LogP contribution in [0.1, 0.15) is 19.6 Å². The van der Waals surface area contributed by atoms with Gasteiger partial charge in [0.15, 0.2) is 6.23 Å². The Balaban J connectivity index is 1.71. The smallest absolute Gasteiger partial charge is 0.153 e. The van der Waals surface area contributed by atoms with Crippen molar-refractivity contribution >= 4 is 11.0 Å². The summed E-state index contributed by atoms with van der Waals surface area (Å²) in [7, 11) is 0. The second-order valence-corrected chi connectivity index (χ2v) is 5.18. The van der Waals surface area contributed by atoms with Crippen molar-refractivity contribution in [2.75, 3.05) is 39.5 Å². The summed E-state index contributed by atoms with van der Waals surface area (Å²) in [5, 5.41) is 8.49. The molecule has 1 atom stereocenters. The van der Waals surface area contributed by atoms with E-state index >= 15 is 0 Å². The first-order valence-electron chi connectivity index (χ1n) is 7.60. The van der Waals surface area contributed by atoms with Gasteiger partial charge in [0.05, 0.1) is 18.7 Å². The van der Waals surface area contributed by atoms with E-state index in [0.29, 0.717) is 6.61 Å². The van der Waals surface area contributed by atoms with Crippen LogP contribution < -0.4 is 0 Å². The summed E-state index contributed by atoms with van der Waals surface area (Å²) in [5.74, 6) is 0. The molecular formula is C15H22N4O2. The van der Waals surface area contributed by atoms with E-state index in [4.69, 9.17) is 9.47 Å². The molecule has 0 saturated carbocycles. The fourth-order valence-electron chi connectivity index (χ4n) is 2.69. The SMILES string of the molecule is CCOC(CCN1CCOCC1)n1nnc2ccccc21. The standard InChI is InChI=1S/C15H22N4O2/c1-2-21-15(7-8-18-9-11-20-12-10-18)19-14-6-4-3-5-13(14)16-17-19/h3-6,15H,2,7-12H2,1H3. The number of hydrogen-bond acceptors (Lipinski definition) is 5. The molecule has 0 spiro atoms. The van der Waals surface area contributed by atoms with Gasteiger partial charge in [-0.3, -0.25) is 4.90 Å². The summed E-state index contributed by atoms with van der Waals surface area (Å²) >= 11 is 0. The minimum absolute atomic E-state index is 0.0646. The lowest BCUT2D eigenvalue weighted by molar-refractivity contribution is -0.0195. The number of nitrogens with zero attached hydrogens (tertiary/aromatic N) is 4. The Labute approximate surface area is 124 Å². The number of morpholine rings is 1. The average Bonchev–Trinajstić information content (AvgIpc) is 2.96. The van der Waals surface area contributed by atoms with Crippen LogP contribution in [0.5, 0.6) is 0 Å². The Kier molecular flexibility index (Phi) is 4.80. The van der Waals surface area contributed by atoms with Crippen LogP contribution in [-0.2, 0) is 9.47 Å². The predicted molar refractivity (Wildman–Crippen MR) is 80.1 cm³/mol. The Morgan fingerprint density at radius 3 is 2.90 bits per heavy atom. The number of benzene rings is 1. The highest BCUT2D eigenvalue weighted by Crippen LogP contribution is 2.19. The van der Waals surface area contributed by atoms with Gasteiger partial charge in [-0.15, -0.1) is 5.10 Å². The summed E-state index contributed by atoms with van der Waals surface area (Å²) in [6.45, 7) is 7.32. The van der Waals surface area contributed by atoms with Gasteiger partial charge >= 0.3 is 0 Å². The highest BCUT2D eigenvalue weighted by molar-refractivity contribution is 5.73. The first kappa shape index (κ1) is 14.4. The Morgan fingerprint density at radius 1 is 1.29 bits per heavy atom. The third-order valence-corrected chi connectivity index (χ3v) is 3.81. The van der Waals surface area contributed by atoms with Crippen LogP contribution in [0.4, 0.5) is 0 Å². The third-order valence-electron chi connectivity index (χ3n) is 3.81. The minimum Gasteiger partial charge on any atom is -0.379 e. The van der Waals surface area contributed by atoms with Crippen LogP contribution in [0.25, 0.3) is 11.0 Å². The van der Waals surface area contributed by atoms with Crippen molar-refractivity contribution < 1.29 is 9.47 Å². The van der Waals surface area contributed by atoms with E-state index in [0.717, 1.165) is 50.3 Å². The number of aromatic nitrogens is 3. The predicted octanol–water partition coefficient (Wildman–Crippen LogP) is 1.69. The van der Waals surface area contributed by atoms with Gasteiger partial charge in [0.25, 0.3) is 0 Å². The molecule has 1 aromatic heterocycles. The molecule has 1 saturated heterocycles. The molecular weight excluding hydrogens is 268 g/mol. The molecule has 1 fully saturated rings. The number of hydrogen-bond donors (Lipinski definition) is 0. The minimum atomic E-state index is -0.0646. The topological polar surface area (TPSA) is 52.4 Å². The summed E-state index contributed by atoms with van der Waals surface area (Å²) in [6.07, 6.45) is 0.839. The van der Waals surface area contributed by atoms with Gasteiger partial charge in [0.2, 0.25) is 0 Å². The van der Waals surface area contributed by atoms with E-state index in [9.17, 15) is 0 Å². The second-order valence-electron chi connectivity index (χ2n) is 5.18. The molecule has 0 radical (unpaired) electrons. The summed E-state index contributed by atoms with van der Waals surface area (Å²) in [6, 6.07) is 8.00. The van der Waals surface area contributed by atoms with Crippen LogP contribution in [-0.4, -0.2) is 59.3 Å². The van der Waals surface area contributed by atoms with E-state index in [1.807, 2.05) is 35.9 Å². The van der Waals surface area contributed by atoms with Crippen LogP contribution in [0.2, 0.25) is 0 Å². The van der Waals surface area contributed by atoms with Gasteiger partial charge in [-0.25, -0.2) is 4.68 Å². The molecule has 1 unspecified atom stereocenters. The fourth-order valence-corrected chi connectivity index (χ4v) is 2.69. The van der Waals surface area contributed by atoms with Crippen molar-refractivity contribution in [1.82, 2.24) is 19.9 Å².